The summed E-state index contributed by atoms with van der Waals surface area (Å²) in [6, 6.07) is 1.66. The maximum absolute atomic E-state index is 10.4. The number of hydrogen-bond acceptors (Lipinski definition) is 4. The van der Waals surface area contributed by atoms with Gasteiger partial charge in [0.15, 0.2) is 11.9 Å². The molecular formula is C8H5N3O. The van der Waals surface area contributed by atoms with Gasteiger partial charge in [-0.1, -0.05) is 0 Å². The van der Waals surface area contributed by atoms with Crippen molar-refractivity contribution in [2.24, 2.45) is 0 Å². The monoisotopic (exact) mass is 159 g/mol. The molecule has 0 saturated carbocycles. The maximum atomic E-state index is 10.4. The predicted octanol–water partition coefficient (Wildman–Crippen LogP) is 0.837. The van der Waals surface area contributed by atoms with Crippen molar-refractivity contribution >= 4 is 17.5 Å². The Morgan fingerprint density at radius 3 is 2.83 bits per heavy atom. The minimum Gasteiger partial charge on any atom is -0.298 e. The average Bonchev–Trinajstić information content (AvgIpc) is 2.17. The van der Waals surface area contributed by atoms with Crippen molar-refractivity contribution in [3.05, 3.63) is 30.2 Å². The molecule has 2 aromatic heterocycles. The lowest BCUT2D eigenvalue weighted by molar-refractivity contribution is 0.112. The molecule has 0 bridgehead atoms. The Morgan fingerprint density at radius 2 is 2.00 bits per heavy atom. The summed E-state index contributed by atoms with van der Waals surface area (Å²) >= 11 is 0. The summed E-state index contributed by atoms with van der Waals surface area (Å²) in [4.78, 5) is 22.3. The number of nitrogens with zero attached hydrogens (tertiary/aromatic N) is 3. The molecule has 0 aliphatic rings. The highest BCUT2D eigenvalue weighted by Gasteiger charge is 1.96. The average molecular weight is 159 g/mol. The fourth-order valence-corrected chi connectivity index (χ4v) is 0.938. The molecule has 4 heteroatoms. The van der Waals surface area contributed by atoms with Crippen LogP contribution >= 0.6 is 0 Å². The van der Waals surface area contributed by atoms with Crippen LogP contribution in [0.4, 0.5) is 0 Å². The molecule has 0 N–H and O–H groups in total. The van der Waals surface area contributed by atoms with Crippen LogP contribution in [0.2, 0.25) is 0 Å². The molecule has 0 unspecified atom stereocenters. The predicted molar refractivity (Wildman–Crippen MR) is 42.7 cm³/mol. The number of rotatable bonds is 1. The molecule has 58 valence electrons. The van der Waals surface area contributed by atoms with Crippen LogP contribution in [0.25, 0.3) is 11.2 Å². The summed E-state index contributed by atoms with van der Waals surface area (Å²) in [5, 5.41) is 0. The molecular weight excluding hydrogens is 154 g/mol. The van der Waals surface area contributed by atoms with E-state index < -0.39 is 0 Å². The van der Waals surface area contributed by atoms with Gasteiger partial charge in [0.05, 0.1) is 0 Å². The second kappa shape index (κ2) is 2.65. The molecule has 0 aromatic carbocycles. The van der Waals surface area contributed by atoms with Crippen molar-refractivity contribution in [2.45, 2.75) is 0 Å². The normalized spacial score (nSPS) is 10.0. The highest BCUT2D eigenvalue weighted by molar-refractivity contribution is 5.81. The van der Waals surface area contributed by atoms with Gasteiger partial charge in [-0.25, -0.2) is 9.97 Å². The quantitative estimate of drug-likeness (QED) is 0.578. The first-order valence-corrected chi connectivity index (χ1v) is 3.42. The number of aromatic nitrogens is 3. The highest BCUT2D eigenvalue weighted by atomic mass is 16.1. The van der Waals surface area contributed by atoms with Gasteiger partial charge in [-0.3, -0.25) is 9.78 Å². The van der Waals surface area contributed by atoms with Crippen LogP contribution in [0.5, 0.6) is 0 Å². The molecule has 0 amide bonds. The van der Waals surface area contributed by atoms with Crippen LogP contribution in [0.1, 0.15) is 10.4 Å². The zero-order chi connectivity index (χ0) is 8.39. The Hall–Kier alpha value is -1.84. The van der Waals surface area contributed by atoms with E-state index in [9.17, 15) is 4.79 Å². The molecule has 0 aliphatic carbocycles. The lowest BCUT2D eigenvalue weighted by Gasteiger charge is -1.93. The van der Waals surface area contributed by atoms with Crippen molar-refractivity contribution in [3.63, 3.8) is 0 Å². The smallest absolute Gasteiger partial charge is 0.178 e. The van der Waals surface area contributed by atoms with Gasteiger partial charge in [0.2, 0.25) is 0 Å². The number of fused-ring (bicyclic) bond motifs is 1. The van der Waals surface area contributed by atoms with Gasteiger partial charge in [-0.05, 0) is 6.07 Å². The second-order valence-corrected chi connectivity index (χ2v) is 2.29. The minimum atomic E-state index is 0.517. The van der Waals surface area contributed by atoms with Gasteiger partial charge in [0.25, 0.3) is 0 Å². The van der Waals surface area contributed by atoms with Crippen LogP contribution in [0, 0.1) is 0 Å². The van der Waals surface area contributed by atoms with Gasteiger partial charge >= 0.3 is 0 Å². The van der Waals surface area contributed by atoms with Crippen LogP contribution in [-0.2, 0) is 0 Å². The Labute approximate surface area is 68.3 Å². The van der Waals surface area contributed by atoms with E-state index in [0.717, 1.165) is 6.29 Å². The van der Waals surface area contributed by atoms with Gasteiger partial charge in [-0.15, -0.1) is 0 Å². The van der Waals surface area contributed by atoms with Gasteiger partial charge in [0.1, 0.15) is 5.52 Å². The number of aldehydes is 1. The Balaban J connectivity index is 2.75. The maximum Gasteiger partial charge on any atom is 0.178 e. The first-order valence-electron chi connectivity index (χ1n) is 3.42. The van der Waals surface area contributed by atoms with E-state index in [1.54, 1.807) is 18.5 Å². The number of carbonyl (C=O) groups is 1. The summed E-state index contributed by atoms with van der Waals surface area (Å²) in [5.74, 6) is 0. The molecule has 4 nitrogen and oxygen atoms in total. The molecule has 0 saturated heterocycles. The molecule has 12 heavy (non-hydrogen) atoms. The van der Waals surface area contributed by atoms with E-state index in [4.69, 9.17) is 0 Å². The summed E-state index contributed by atoms with van der Waals surface area (Å²) in [5.41, 5.74) is 1.72. The van der Waals surface area contributed by atoms with E-state index in [2.05, 4.69) is 15.0 Å². The summed E-state index contributed by atoms with van der Waals surface area (Å²) in [6.07, 6.45) is 5.35. The Kier molecular flexibility index (Phi) is 1.51. The molecule has 2 rings (SSSR count). The van der Waals surface area contributed by atoms with E-state index in [1.165, 1.54) is 6.20 Å². The molecule has 0 aliphatic heterocycles. The fraction of sp³-hybridized carbons (Fsp3) is 0. The van der Waals surface area contributed by atoms with Crippen LogP contribution in [0.15, 0.2) is 24.7 Å². The van der Waals surface area contributed by atoms with Crippen molar-refractivity contribution in [1.82, 2.24) is 15.0 Å². The lowest BCUT2D eigenvalue weighted by Crippen LogP contribution is -1.88. The first-order chi connectivity index (χ1) is 5.90. The molecule has 2 aromatic rings. The SMILES string of the molecule is O=Cc1cnc2nccnc2c1. The third kappa shape index (κ3) is 1.03. The van der Waals surface area contributed by atoms with Gasteiger partial charge in [0, 0.05) is 24.2 Å². The van der Waals surface area contributed by atoms with Crippen molar-refractivity contribution in [1.29, 1.82) is 0 Å². The molecule has 0 spiro atoms. The number of carbonyl (C=O) groups excluding carboxylic acids is 1. The van der Waals surface area contributed by atoms with Crippen molar-refractivity contribution in [3.8, 4) is 0 Å². The molecule has 0 fully saturated rings. The van der Waals surface area contributed by atoms with Crippen LogP contribution in [0.3, 0.4) is 0 Å². The summed E-state index contributed by atoms with van der Waals surface area (Å²) in [6.45, 7) is 0. The number of pyridine rings is 1. The second-order valence-electron chi connectivity index (χ2n) is 2.29. The third-order valence-electron chi connectivity index (χ3n) is 1.48. The summed E-state index contributed by atoms with van der Waals surface area (Å²) in [7, 11) is 0. The topological polar surface area (TPSA) is 55.7 Å². The zero-order valence-electron chi connectivity index (χ0n) is 6.14. The van der Waals surface area contributed by atoms with Gasteiger partial charge in [-0.2, -0.15) is 0 Å². The number of hydrogen-bond donors (Lipinski definition) is 0. The summed E-state index contributed by atoms with van der Waals surface area (Å²) < 4.78 is 0. The molecule has 2 heterocycles. The molecule has 0 radical (unpaired) electrons. The fourth-order valence-electron chi connectivity index (χ4n) is 0.938. The third-order valence-corrected chi connectivity index (χ3v) is 1.48. The van der Waals surface area contributed by atoms with E-state index in [1.807, 2.05) is 0 Å². The van der Waals surface area contributed by atoms with E-state index in [-0.39, 0.29) is 0 Å². The van der Waals surface area contributed by atoms with E-state index in [0.29, 0.717) is 16.7 Å². The first kappa shape index (κ1) is 6.84. The van der Waals surface area contributed by atoms with Crippen LogP contribution < -0.4 is 0 Å². The van der Waals surface area contributed by atoms with Crippen LogP contribution in [-0.4, -0.2) is 21.2 Å². The van der Waals surface area contributed by atoms with Crippen molar-refractivity contribution < 1.29 is 4.79 Å². The largest absolute Gasteiger partial charge is 0.298 e. The Bertz CT molecular complexity index is 427. The van der Waals surface area contributed by atoms with Crippen molar-refractivity contribution in [2.75, 3.05) is 0 Å². The van der Waals surface area contributed by atoms with E-state index >= 15 is 0 Å². The Morgan fingerprint density at radius 1 is 1.17 bits per heavy atom. The van der Waals surface area contributed by atoms with Gasteiger partial charge < -0.3 is 0 Å². The minimum absolute atomic E-state index is 0.517. The highest BCUT2D eigenvalue weighted by Crippen LogP contribution is 2.04. The standard InChI is InChI=1S/C8H5N3O/c12-5-6-3-7-8(11-4-6)10-2-1-9-7/h1-5H. The molecule has 0 atom stereocenters. The zero-order valence-corrected chi connectivity index (χ0v) is 6.14. The lowest BCUT2D eigenvalue weighted by atomic mass is 10.3.